The van der Waals surface area contributed by atoms with Gasteiger partial charge in [0, 0.05) is 32.0 Å². The minimum Gasteiger partial charge on any atom is -0.491 e. The molecule has 1 saturated heterocycles. The average molecular weight is 500 g/mol. The summed E-state index contributed by atoms with van der Waals surface area (Å²) in [6.07, 6.45) is 4.48. The second kappa shape index (κ2) is 9.89. The van der Waals surface area contributed by atoms with Gasteiger partial charge in [0.1, 0.15) is 23.4 Å². The Morgan fingerprint density at radius 1 is 1.20 bits per heavy atom. The molecule has 0 radical (unpaired) electrons. The fourth-order valence-electron chi connectivity index (χ4n) is 4.24. The number of nitrogens with zero attached hydrogens (tertiary/aromatic N) is 3. The lowest BCUT2D eigenvalue weighted by Crippen LogP contribution is -2.25. The minimum atomic E-state index is -2.57. The number of ketones is 1. The minimum absolute atomic E-state index is 0.0215. The molecule has 2 unspecified atom stereocenters. The van der Waals surface area contributed by atoms with E-state index in [1.165, 1.54) is 11.3 Å². The fraction of sp³-hybridized carbons (Fsp3) is 0.423. The molecule has 0 bridgehead atoms. The van der Waals surface area contributed by atoms with Crippen molar-refractivity contribution in [3.05, 3.63) is 64.7 Å². The van der Waals surface area contributed by atoms with Crippen LogP contribution >= 0.6 is 11.3 Å². The number of hydrogen-bond acceptors (Lipinski definition) is 7. The monoisotopic (exact) mass is 499 g/mol. The van der Waals surface area contributed by atoms with Crippen molar-refractivity contribution in [3.8, 4) is 11.5 Å². The largest absolute Gasteiger partial charge is 0.491 e. The molecule has 3 heterocycles. The molecule has 6 nitrogen and oxygen atoms in total. The maximum absolute atomic E-state index is 13.0. The van der Waals surface area contributed by atoms with E-state index in [0.717, 1.165) is 30.1 Å². The molecule has 1 aromatic carbocycles. The van der Waals surface area contributed by atoms with Crippen molar-refractivity contribution in [1.82, 2.24) is 9.97 Å². The number of pyridine rings is 1. The quantitative estimate of drug-likeness (QED) is 0.338. The van der Waals surface area contributed by atoms with Gasteiger partial charge in [-0.3, -0.25) is 9.78 Å². The normalized spacial score (nSPS) is 21.5. The van der Waals surface area contributed by atoms with Crippen LogP contribution in [0.2, 0.25) is 0 Å². The summed E-state index contributed by atoms with van der Waals surface area (Å²) in [4.78, 5) is 23.6. The van der Waals surface area contributed by atoms with E-state index in [4.69, 9.17) is 9.47 Å². The molecule has 2 aliphatic rings. The lowest BCUT2D eigenvalue weighted by molar-refractivity contribution is 0.0855. The van der Waals surface area contributed by atoms with Gasteiger partial charge in [0.05, 0.1) is 35.7 Å². The van der Waals surface area contributed by atoms with Crippen LogP contribution in [0, 0.1) is 5.92 Å². The van der Waals surface area contributed by atoms with Crippen LogP contribution in [0.25, 0.3) is 0 Å². The number of alkyl halides is 2. The third-order valence-corrected chi connectivity index (χ3v) is 7.36. The third kappa shape index (κ3) is 5.78. The van der Waals surface area contributed by atoms with E-state index in [0.29, 0.717) is 23.6 Å². The van der Waals surface area contributed by atoms with Crippen LogP contribution in [0.4, 0.5) is 14.6 Å². The standard InChI is InChI=1S/C26H27F2N3O3S/c1-17(10-23(32)24-13-29-16-35-24)18-2-4-20(5-3-18)34-22-8-9-31(14-22)25-7-6-21(12-30-25)33-15-19-11-26(19,27)28/h2-7,12-13,16-17,19,22H,8-11,14-15H2,1H3/t17-,19?,22?/m1/s1. The highest BCUT2D eigenvalue weighted by atomic mass is 32.1. The van der Waals surface area contributed by atoms with Crippen LogP contribution in [0.1, 0.15) is 47.3 Å². The highest BCUT2D eigenvalue weighted by Crippen LogP contribution is 2.48. The van der Waals surface area contributed by atoms with Crippen molar-refractivity contribution < 1.29 is 23.0 Å². The lowest BCUT2D eigenvalue weighted by Gasteiger charge is -2.19. The van der Waals surface area contributed by atoms with E-state index in [1.54, 1.807) is 24.0 Å². The van der Waals surface area contributed by atoms with Crippen molar-refractivity contribution in [2.45, 2.75) is 44.1 Å². The van der Waals surface area contributed by atoms with Gasteiger partial charge in [-0.05, 0) is 35.7 Å². The van der Waals surface area contributed by atoms with Gasteiger partial charge in [0.15, 0.2) is 5.78 Å². The van der Waals surface area contributed by atoms with E-state index in [9.17, 15) is 13.6 Å². The number of hydrogen-bond donors (Lipinski definition) is 0. The zero-order valence-corrected chi connectivity index (χ0v) is 20.2. The molecule has 2 fully saturated rings. The first kappa shape index (κ1) is 23.7. The molecule has 1 saturated carbocycles. The van der Waals surface area contributed by atoms with Crippen LogP contribution in [-0.4, -0.2) is 47.5 Å². The maximum Gasteiger partial charge on any atom is 0.255 e. The summed E-state index contributed by atoms with van der Waals surface area (Å²) in [6.45, 7) is 3.60. The van der Waals surface area contributed by atoms with Gasteiger partial charge >= 0.3 is 0 Å². The first-order valence-electron chi connectivity index (χ1n) is 11.8. The lowest BCUT2D eigenvalue weighted by atomic mass is 9.95. The van der Waals surface area contributed by atoms with Crippen LogP contribution in [0.15, 0.2) is 54.3 Å². The molecule has 0 spiro atoms. The number of anilines is 1. The van der Waals surface area contributed by atoms with Crippen LogP contribution < -0.4 is 14.4 Å². The first-order valence-corrected chi connectivity index (χ1v) is 12.7. The Kier molecular flexibility index (Phi) is 6.69. The van der Waals surface area contributed by atoms with E-state index >= 15 is 0 Å². The summed E-state index contributed by atoms with van der Waals surface area (Å²) in [5.74, 6) is -0.903. The summed E-state index contributed by atoms with van der Waals surface area (Å²) in [7, 11) is 0. The first-order chi connectivity index (χ1) is 16.9. The van der Waals surface area contributed by atoms with Crippen molar-refractivity contribution in [1.29, 1.82) is 0 Å². The van der Waals surface area contributed by atoms with Crippen molar-refractivity contribution in [2.75, 3.05) is 24.6 Å². The number of rotatable bonds is 10. The van der Waals surface area contributed by atoms with Gasteiger partial charge in [-0.1, -0.05) is 19.1 Å². The van der Waals surface area contributed by atoms with Crippen molar-refractivity contribution in [2.24, 2.45) is 5.92 Å². The summed E-state index contributed by atoms with van der Waals surface area (Å²) >= 11 is 1.37. The second-order valence-corrected chi connectivity index (χ2v) is 10.1. The van der Waals surface area contributed by atoms with E-state index < -0.39 is 11.8 Å². The smallest absolute Gasteiger partial charge is 0.255 e. The van der Waals surface area contributed by atoms with Gasteiger partial charge < -0.3 is 14.4 Å². The number of Topliss-reactive ketones (excluding diaryl/α,β-unsaturated/α-hetero) is 1. The Balaban J connectivity index is 1.09. The highest BCUT2D eigenvalue weighted by molar-refractivity contribution is 7.11. The number of carbonyl (C=O) groups is 1. The number of aromatic nitrogens is 2. The molecule has 0 N–H and O–H groups in total. The van der Waals surface area contributed by atoms with E-state index in [2.05, 4.69) is 14.9 Å². The molecule has 184 valence electrons. The zero-order chi connectivity index (χ0) is 24.4. The fourth-order valence-corrected chi connectivity index (χ4v) is 4.81. The highest BCUT2D eigenvalue weighted by Gasteiger charge is 2.57. The van der Waals surface area contributed by atoms with Gasteiger partial charge in [-0.2, -0.15) is 0 Å². The molecule has 3 atom stereocenters. The van der Waals surface area contributed by atoms with Gasteiger partial charge in [0.25, 0.3) is 5.92 Å². The van der Waals surface area contributed by atoms with Crippen molar-refractivity contribution in [3.63, 3.8) is 0 Å². The molecular formula is C26H27F2N3O3S. The molecule has 2 aromatic heterocycles. The average Bonchev–Trinajstić information content (AvgIpc) is 3.29. The van der Waals surface area contributed by atoms with Crippen LogP contribution in [0.5, 0.6) is 11.5 Å². The van der Waals surface area contributed by atoms with Crippen molar-refractivity contribution >= 4 is 22.9 Å². The predicted octanol–water partition coefficient (Wildman–Crippen LogP) is 5.61. The molecule has 35 heavy (non-hydrogen) atoms. The Bertz CT molecular complexity index is 1140. The summed E-state index contributed by atoms with van der Waals surface area (Å²) in [5.41, 5.74) is 2.77. The second-order valence-electron chi connectivity index (χ2n) is 9.26. The summed E-state index contributed by atoms with van der Waals surface area (Å²) in [6, 6.07) is 11.6. The third-order valence-electron chi connectivity index (χ3n) is 6.55. The summed E-state index contributed by atoms with van der Waals surface area (Å²) < 4.78 is 37.6. The van der Waals surface area contributed by atoms with Crippen LogP contribution in [0.3, 0.4) is 0 Å². The Hall–Kier alpha value is -3.07. The number of halogens is 2. The van der Waals surface area contributed by atoms with E-state index in [-0.39, 0.29) is 30.8 Å². The molecular weight excluding hydrogens is 472 g/mol. The number of ether oxygens (including phenoxy) is 2. The zero-order valence-electron chi connectivity index (χ0n) is 19.4. The molecule has 3 aromatic rings. The molecule has 1 aliphatic carbocycles. The predicted molar refractivity (Wildman–Crippen MR) is 130 cm³/mol. The molecule has 0 amide bonds. The molecule has 1 aliphatic heterocycles. The van der Waals surface area contributed by atoms with Crippen LogP contribution in [-0.2, 0) is 0 Å². The SMILES string of the molecule is C[C@H](CC(=O)c1cncs1)c1ccc(OC2CCN(c3ccc(OCC4CC4(F)F)cn3)C2)cc1. The number of thiazole rings is 1. The van der Waals surface area contributed by atoms with Gasteiger partial charge in [-0.15, -0.1) is 11.3 Å². The Morgan fingerprint density at radius 3 is 2.63 bits per heavy atom. The Morgan fingerprint density at radius 2 is 1.97 bits per heavy atom. The summed E-state index contributed by atoms with van der Waals surface area (Å²) in [5, 5.41) is 0. The maximum atomic E-state index is 13.0. The Labute approximate surface area is 206 Å². The van der Waals surface area contributed by atoms with E-state index in [1.807, 2.05) is 37.3 Å². The van der Waals surface area contributed by atoms with Gasteiger partial charge in [-0.25, -0.2) is 13.8 Å². The molecule has 5 rings (SSSR count). The number of carbonyl (C=O) groups excluding carboxylic acids is 1. The number of benzene rings is 1. The van der Waals surface area contributed by atoms with Gasteiger partial charge in [0.2, 0.25) is 0 Å². The topological polar surface area (TPSA) is 64.5 Å². The molecule has 9 heteroatoms.